The smallest absolute Gasteiger partial charge is 0.407 e. The molecule has 0 aliphatic carbocycles. The van der Waals surface area contributed by atoms with Gasteiger partial charge in [-0.15, -0.1) is 12.3 Å². The zero-order chi connectivity index (χ0) is 22.7. The summed E-state index contributed by atoms with van der Waals surface area (Å²) >= 11 is 0. The van der Waals surface area contributed by atoms with E-state index in [1.54, 1.807) is 12.1 Å². The van der Waals surface area contributed by atoms with E-state index in [4.69, 9.17) is 11.2 Å². The normalized spacial score (nSPS) is 12.6. The number of carbonyl (C=O) groups is 3. The zero-order valence-electron chi connectivity index (χ0n) is 18.5. The van der Waals surface area contributed by atoms with Crippen LogP contribution in [0.5, 0.6) is 0 Å². The van der Waals surface area contributed by atoms with Gasteiger partial charge >= 0.3 is 6.09 Å². The van der Waals surface area contributed by atoms with Crippen LogP contribution in [0.15, 0.2) is 24.3 Å². The molecule has 0 aromatic heterocycles. The van der Waals surface area contributed by atoms with Crippen molar-refractivity contribution in [2.45, 2.75) is 53.1 Å². The highest BCUT2D eigenvalue weighted by Gasteiger charge is 2.25. The fourth-order valence-electron chi connectivity index (χ4n) is 2.50. The summed E-state index contributed by atoms with van der Waals surface area (Å²) in [5.74, 6) is 1.99. The molecule has 0 saturated heterocycles. The molecule has 7 heteroatoms. The van der Waals surface area contributed by atoms with E-state index in [1.165, 1.54) is 0 Å². The van der Waals surface area contributed by atoms with Gasteiger partial charge in [0.15, 0.2) is 0 Å². The van der Waals surface area contributed by atoms with Crippen LogP contribution in [0.4, 0.5) is 4.79 Å². The summed E-state index contributed by atoms with van der Waals surface area (Å²) < 4.78 is 5.06. The Bertz CT molecular complexity index is 751. The van der Waals surface area contributed by atoms with Crippen LogP contribution in [0.1, 0.15) is 50.0 Å². The largest absolute Gasteiger partial charge is 0.449 e. The monoisotopic (exact) mass is 415 g/mol. The molecule has 0 aliphatic heterocycles. The lowest BCUT2D eigenvalue weighted by Crippen LogP contribution is -2.53. The molecular formula is C23H33N3O4. The predicted octanol–water partition coefficient (Wildman–Crippen LogP) is 2.64. The Morgan fingerprint density at radius 1 is 1.07 bits per heavy atom. The lowest BCUT2D eigenvalue weighted by molar-refractivity contribution is -0.124. The summed E-state index contributed by atoms with van der Waals surface area (Å²) in [4.78, 5) is 37.0. The van der Waals surface area contributed by atoms with E-state index in [1.807, 2.05) is 46.8 Å². The van der Waals surface area contributed by atoms with E-state index in [0.29, 0.717) is 5.56 Å². The van der Waals surface area contributed by atoms with Crippen LogP contribution in [-0.2, 0) is 9.53 Å². The SMILES string of the molecule is C#CCC(NC(=O)OCC(C)C)C(=O)N[C@H](CNC(=O)c1ccc(C)cc1)C(C)C. The van der Waals surface area contributed by atoms with Crippen molar-refractivity contribution in [1.29, 1.82) is 0 Å². The van der Waals surface area contributed by atoms with Crippen molar-refractivity contribution in [3.05, 3.63) is 35.4 Å². The van der Waals surface area contributed by atoms with Crippen LogP contribution in [0.3, 0.4) is 0 Å². The molecule has 1 aromatic carbocycles. The average Bonchev–Trinajstić information content (AvgIpc) is 2.69. The van der Waals surface area contributed by atoms with Gasteiger partial charge < -0.3 is 20.7 Å². The van der Waals surface area contributed by atoms with Gasteiger partial charge in [0.1, 0.15) is 6.04 Å². The number of aryl methyl sites for hydroxylation is 1. The lowest BCUT2D eigenvalue weighted by atomic mass is 10.0. The van der Waals surface area contributed by atoms with Gasteiger partial charge in [-0.25, -0.2) is 4.79 Å². The lowest BCUT2D eigenvalue weighted by Gasteiger charge is -2.25. The van der Waals surface area contributed by atoms with Gasteiger partial charge in [0.25, 0.3) is 5.91 Å². The van der Waals surface area contributed by atoms with E-state index in [9.17, 15) is 14.4 Å². The molecule has 1 aromatic rings. The van der Waals surface area contributed by atoms with Crippen LogP contribution in [0.25, 0.3) is 0 Å². The van der Waals surface area contributed by atoms with Gasteiger partial charge in [-0.1, -0.05) is 45.4 Å². The Hall–Kier alpha value is -3.01. The first kappa shape index (κ1) is 25.0. The van der Waals surface area contributed by atoms with Crippen LogP contribution >= 0.6 is 0 Å². The molecule has 164 valence electrons. The number of rotatable bonds is 10. The molecule has 30 heavy (non-hydrogen) atoms. The van der Waals surface area contributed by atoms with Crippen molar-refractivity contribution < 1.29 is 19.1 Å². The number of hydrogen-bond acceptors (Lipinski definition) is 4. The van der Waals surface area contributed by atoms with Crippen molar-refractivity contribution in [3.8, 4) is 12.3 Å². The molecule has 0 aliphatic rings. The Labute approximate surface area is 179 Å². The summed E-state index contributed by atoms with van der Waals surface area (Å²) in [6, 6.07) is 5.99. The fourth-order valence-corrected chi connectivity index (χ4v) is 2.50. The molecule has 2 atom stereocenters. The highest BCUT2D eigenvalue weighted by Crippen LogP contribution is 2.06. The molecule has 0 bridgehead atoms. The number of alkyl carbamates (subject to hydrolysis) is 1. The topological polar surface area (TPSA) is 96.5 Å². The summed E-state index contributed by atoms with van der Waals surface area (Å²) in [6.45, 7) is 10.1. The highest BCUT2D eigenvalue weighted by molar-refractivity contribution is 5.94. The minimum Gasteiger partial charge on any atom is -0.449 e. The number of terminal acetylenes is 1. The van der Waals surface area contributed by atoms with Gasteiger partial charge in [0.2, 0.25) is 5.91 Å². The molecule has 0 spiro atoms. The summed E-state index contributed by atoms with van der Waals surface area (Å²) in [7, 11) is 0. The third-order valence-electron chi connectivity index (χ3n) is 4.41. The van der Waals surface area contributed by atoms with E-state index in [2.05, 4.69) is 21.9 Å². The number of nitrogens with one attached hydrogen (secondary N) is 3. The molecule has 0 heterocycles. The number of amides is 3. The summed E-state index contributed by atoms with van der Waals surface area (Å²) in [5, 5.41) is 8.22. The second-order valence-corrected chi connectivity index (χ2v) is 8.03. The molecule has 7 nitrogen and oxygen atoms in total. The van der Waals surface area contributed by atoms with Gasteiger partial charge in [-0.3, -0.25) is 9.59 Å². The minimum absolute atomic E-state index is 0.0309. The van der Waals surface area contributed by atoms with Crippen LogP contribution in [0.2, 0.25) is 0 Å². The Balaban J connectivity index is 2.68. The van der Waals surface area contributed by atoms with Gasteiger partial charge in [-0.05, 0) is 30.9 Å². The van der Waals surface area contributed by atoms with Crippen LogP contribution in [-0.4, -0.2) is 43.1 Å². The molecule has 1 unspecified atom stereocenters. The second kappa shape index (κ2) is 12.5. The highest BCUT2D eigenvalue weighted by atomic mass is 16.5. The van der Waals surface area contributed by atoms with Crippen molar-refractivity contribution in [3.63, 3.8) is 0 Å². The third kappa shape index (κ3) is 8.99. The summed E-state index contributed by atoms with van der Waals surface area (Å²) in [6.07, 6.45) is 4.69. The molecule has 1 rings (SSSR count). The number of hydrogen-bond donors (Lipinski definition) is 3. The third-order valence-corrected chi connectivity index (χ3v) is 4.41. The standard InChI is InChI=1S/C23H33N3O4/c1-7-8-19(26-23(29)30-14-15(2)3)22(28)25-20(16(4)5)13-24-21(27)18-11-9-17(6)10-12-18/h1,9-12,15-16,19-20H,8,13-14H2,2-6H3,(H,24,27)(H,25,28)(H,26,29)/t19?,20-/m1/s1. The van der Waals surface area contributed by atoms with E-state index in [0.717, 1.165) is 5.56 Å². The van der Waals surface area contributed by atoms with Crippen molar-refractivity contribution in [1.82, 2.24) is 16.0 Å². The average molecular weight is 416 g/mol. The van der Waals surface area contributed by atoms with E-state index >= 15 is 0 Å². The van der Waals surface area contributed by atoms with Gasteiger partial charge in [0, 0.05) is 24.6 Å². The molecule has 3 amide bonds. The number of ether oxygens (including phenoxy) is 1. The maximum atomic E-state index is 12.7. The van der Waals surface area contributed by atoms with Gasteiger partial charge in [0.05, 0.1) is 6.61 Å². The zero-order valence-corrected chi connectivity index (χ0v) is 18.5. The first-order chi connectivity index (χ1) is 14.1. The van der Waals surface area contributed by atoms with Crippen LogP contribution < -0.4 is 16.0 Å². The molecule has 0 saturated carbocycles. The second-order valence-electron chi connectivity index (χ2n) is 8.03. The number of benzene rings is 1. The van der Waals surface area contributed by atoms with Crippen molar-refractivity contribution >= 4 is 17.9 Å². The van der Waals surface area contributed by atoms with E-state index < -0.39 is 18.0 Å². The number of carbonyl (C=O) groups excluding carboxylic acids is 3. The summed E-state index contributed by atoms with van der Waals surface area (Å²) in [5.41, 5.74) is 1.62. The molecule has 0 fully saturated rings. The molecule has 3 N–H and O–H groups in total. The maximum absolute atomic E-state index is 12.7. The molecular weight excluding hydrogens is 382 g/mol. The quantitative estimate of drug-likeness (QED) is 0.512. The van der Waals surface area contributed by atoms with E-state index in [-0.39, 0.29) is 43.4 Å². The van der Waals surface area contributed by atoms with Crippen molar-refractivity contribution in [2.24, 2.45) is 11.8 Å². The maximum Gasteiger partial charge on any atom is 0.407 e. The predicted molar refractivity (Wildman–Crippen MR) is 117 cm³/mol. The Morgan fingerprint density at radius 3 is 2.23 bits per heavy atom. The minimum atomic E-state index is -0.913. The Kier molecular flexibility index (Phi) is 10.5. The first-order valence-electron chi connectivity index (χ1n) is 10.2. The van der Waals surface area contributed by atoms with Crippen molar-refractivity contribution in [2.75, 3.05) is 13.2 Å². The van der Waals surface area contributed by atoms with Crippen LogP contribution in [0, 0.1) is 31.1 Å². The van der Waals surface area contributed by atoms with Gasteiger partial charge in [-0.2, -0.15) is 0 Å². The molecule has 0 radical (unpaired) electrons. The first-order valence-corrected chi connectivity index (χ1v) is 10.2. The fraction of sp³-hybridized carbons (Fsp3) is 0.522. The Morgan fingerprint density at radius 2 is 1.70 bits per heavy atom.